The van der Waals surface area contributed by atoms with Crippen LogP contribution < -0.4 is 10.3 Å². The molecule has 0 bridgehead atoms. The van der Waals surface area contributed by atoms with Crippen LogP contribution in [0.25, 0.3) is 39.4 Å². The van der Waals surface area contributed by atoms with Crippen molar-refractivity contribution in [2.24, 2.45) is 0 Å². The van der Waals surface area contributed by atoms with Crippen LogP contribution in [0.4, 0.5) is 13.2 Å². The molecule has 8 rings (SSSR count). The van der Waals surface area contributed by atoms with Crippen LogP contribution in [0.2, 0.25) is 0 Å². The van der Waals surface area contributed by atoms with E-state index in [2.05, 4.69) is 25.9 Å². The lowest BCUT2D eigenvalue weighted by molar-refractivity contribution is -0.140. The average Bonchev–Trinajstić information content (AvgIpc) is 4.04. The molecule has 4 aromatic heterocycles. The number of benzene rings is 1. The van der Waals surface area contributed by atoms with Gasteiger partial charge in [0.15, 0.2) is 11.5 Å². The van der Waals surface area contributed by atoms with E-state index >= 15 is 0 Å². The van der Waals surface area contributed by atoms with Gasteiger partial charge in [-0.1, -0.05) is 30.3 Å². The second-order valence-electron chi connectivity index (χ2n) is 12.9. The topological polar surface area (TPSA) is 104 Å². The lowest BCUT2D eigenvalue weighted by Gasteiger charge is -2.22. The number of rotatable bonds is 8. The van der Waals surface area contributed by atoms with Crippen molar-refractivity contribution in [3.63, 3.8) is 0 Å². The molecule has 48 heavy (non-hydrogen) atoms. The molecule has 1 aliphatic heterocycles. The molecule has 0 saturated heterocycles. The Morgan fingerprint density at radius 2 is 1.81 bits per heavy atom. The van der Waals surface area contributed by atoms with E-state index in [1.807, 2.05) is 25.2 Å². The Labute approximate surface area is 274 Å². The van der Waals surface area contributed by atoms with E-state index in [0.29, 0.717) is 39.4 Å². The summed E-state index contributed by atoms with van der Waals surface area (Å²) in [4.78, 5) is 39.0. The lowest BCUT2D eigenvalue weighted by atomic mass is 10.00. The summed E-state index contributed by atoms with van der Waals surface area (Å²) in [6.07, 6.45) is 6.29. The molecular weight excluding hydrogens is 621 g/mol. The molecule has 3 aliphatic rings. The Kier molecular flexibility index (Phi) is 7.39. The number of fused-ring (bicyclic) bond motifs is 1. The SMILES string of the molecule is COc1ncnc(C2CC2)c1-c1ncc2cc(C3=CCN(C)CC3)c(=O)n(Cc3ccc(-c4nc(C(F)(F)F)cn4C4CC4)cc3)c2n1. The van der Waals surface area contributed by atoms with Crippen molar-refractivity contribution in [3.05, 3.63) is 88.0 Å². The number of likely N-dealkylation sites (N-methyl/N-ethyl adjacent to an activating group) is 1. The van der Waals surface area contributed by atoms with Gasteiger partial charge in [-0.2, -0.15) is 13.2 Å². The summed E-state index contributed by atoms with van der Waals surface area (Å²) in [7, 11) is 3.59. The van der Waals surface area contributed by atoms with Crippen LogP contribution in [0.5, 0.6) is 5.88 Å². The fourth-order valence-corrected chi connectivity index (χ4v) is 6.40. The minimum Gasteiger partial charge on any atom is -0.480 e. The van der Waals surface area contributed by atoms with E-state index in [1.54, 1.807) is 34.6 Å². The van der Waals surface area contributed by atoms with E-state index in [0.717, 1.165) is 68.2 Å². The summed E-state index contributed by atoms with van der Waals surface area (Å²) in [5, 5.41) is 0.708. The molecule has 0 amide bonds. The minimum atomic E-state index is -4.53. The van der Waals surface area contributed by atoms with E-state index in [9.17, 15) is 18.0 Å². The second kappa shape index (κ2) is 11.7. The zero-order valence-electron chi connectivity index (χ0n) is 26.5. The predicted molar refractivity (Wildman–Crippen MR) is 173 cm³/mol. The zero-order valence-corrected chi connectivity index (χ0v) is 26.5. The van der Waals surface area contributed by atoms with E-state index in [-0.39, 0.29) is 29.9 Å². The third kappa shape index (κ3) is 5.65. The number of methoxy groups -OCH3 is 1. The first-order chi connectivity index (χ1) is 23.2. The summed E-state index contributed by atoms with van der Waals surface area (Å²) in [5.41, 5.74) is 3.80. The number of hydrogen-bond acceptors (Lipinski definition) is 8. The van der Waals surface area contributed by atoms with Crippen LogP contribution >= 0.6 is 0 Å². The van der Waals surface area contributed by atoms with Crippen LogP contribution in [0.3, 0.4) is 0 Å². The average molecular weight is 655 g/mol. The van der Waals surface area contributed by atoms with Crippen molar-refractivity contribution in [1.82, 2.24) is 39.0 Å². The second-order valence-corrected chi connectivity index (χ2v) is 12.9. The van der Waals surface area contributed by atoms with Gasteiger partial charge in [-0.05, 0) is 56.4 Å². The Morgan fingerprint density at radius 1 is 1.02 bits per heavy atom. The van der Waals surface area contributed by atoms with Gasteiger partial charge in [-0.3, -0.25) is 9.36 Å². The Hall–Kier alpha value is -4.91. The third-order valence-corrected chi connectivity index (χ3v) is 9.32. The number of halogens is 3. The van der Waals surface area contributed by atoms with Gasteiger partial charge in [-0.25, -0.2) is 24.9 Å². The highest BCUT2D eigenvalue weighted by molar-refractivity contribution is 5.82. The number of imidazole rings is 1. The van der Waals surface area contributed by atoms with Crippen molar-refractivity contribution in [2.75, 3.05) is 27.2 Å². The lowest BCUT2D eigenvalue weighted by Crippen LogP contribution is -2.28. The van der Waals surface area contributed by atoms with Crippen LogP contribution in [0, 0.1) is 0 Å². The first kappa shape index (κ1) is 30.4. The number of hydrogen-bond donors (Lipinski definition) is 0. The highest BCUT2D eigenvalue weighted by atomic mass is 19.4. The van der Waals surface area contributed by atoms with Crippen molar-refractivity contribution in [1.29, 1.82) is 0 Å². The maximum absolute atomic E-state index is 14.3. The molecule has 0 radical (unpaired) electrons. The molecule has 2 aliphatic carbocycles. The molecular formula is C35H33F3N8O2. The molecule has 0 unspecified atom stereocenters. The Balaban J connectivity index is 1.23. The molecule has 1 aromatic carbocycles. The largest absolute Gasteiger partial charge is 0.480 e. The van der Waals surface area contributed by atoms with Crippen LogP contribution in [0.1, 0.15) is 66.6 Å². The molecule has 246 valence electrons. The number of pyridine rings is 1. The van der Waals surface area contributed by atoms with Gasteiger partial charge in [0.05, 0.1) is 19.3 Å². The van der Waals surface area contributed by atoms with Gasteiger partial charge in [0.1, 0.15) is 23.4 Å². The maximum atomic E-state index is 14.3. The normalized spacial score (nSPS) is 17.1. The first-order valence-electron chi connectivity index (χ1n) is 16.1. The van der Waals surface area contributed by atoms with Gasteiger partial charge in [-0.15, -0.1) is 0 Å². The Morgan fingerprint density at radius 3 is 2.48 bits per heavy atom. The quantitative estimate of drug-likeness (QED) is 0.197. The van der Waals surface area contributed by atoms with Gasteiger partial charge in [0, 0.05) is 54.0 Å². The summed E-state index contributed by atoms with van der Waals surface area (Å²) < 4.78 is 49.5. The zero-order chi connectivity index (χ0) is 33.2. The fourth-order valence-electron chi connectivity index (χ4n) is 6.40. The number of ether oxygens (including phenoxy) is 1. The van der Waals surface area contributed by atoms with E-state index in [4.69, 9.17) is 14.7 Å². The van der Waals surface area contributed by atoms with Gasteiger partial charge < -0.3 is 14.2 Å². The van der Waals surface area contributed by atoms with Gasteiger partial charge in [0.25, 0.3) is 5.56 Å². The number of aromatic nitrogens is 7. The summed E-state index contributed by atoms with van der Waals surface area (Å²) >= 11 is 0. The fraction of sp³-hybridized carbons (Fsp3) is 0.371. The monoisotopic (exact) mass is 654 g/mol. The molecule has 0 N–H and O–H groups in total. The van der Waals surface area contributed by atoms with Crippen LogP contribution in [-0.2, 0) is 12.7 Å². The highest BCUT2D eigenvalue weighted by Gasteiger charge is 2.37. The summed E-state index contributed by atoms with van der Waals surface area (Å²) in [5.74, 6) is 1.32. The van der Waals surface area contributed by atoms with Crippen molar-refractivity contribution in [2.45, 2.75) is 56.8 Å². The third-order valence-electron chi connectivity index (χ3n) is 9.32. The minimum absolute atomic E-state index is 0.0211. The summed E-state index contributed by atoms with van der Waals surface area (Å²) in [6.45, 7) is 1.77. The van der Waals surface area contributed by atoms with Gasteiger partial charge in [0.2, 0.25) is 5.88 Å². The molecule has 0 atom stereocenters. The Bertz CT molecular complexity index is 2130. The van der Waals surface area contributed by atoms with Crippen molar-refractivity contribution < 1.29 is 17.9 Å². The molecule has 2 saturated carbocycles. The highest BCUT2D eigenvalue weighted by Crippen LogP contribution is 2.45. The van der Waals surface area contributed by atoms with Gasteiger partial charge >= 0.3 is 6.18 Å². The maximum Gasteiger partial charge on any atom is 0.434 e. The van der Waals surface area contributed by atoms with Crippen molar-refractivity contribution >= 4 is 16.6 Å². The van der Waals surface area contributed by atoms with E-state index in [1.165, 1.54) is 6.33 Å². The first-order valence-corrected chi connectivity index (χ1v) is 16.1. The molecule has 0 spiro atoms. The summed E-state index contributed by atoms with van der Waals surface area (Å²) in [6, 6.07) is 9.08. The predicted octanol–water partition coefficient (Wildman–Crippen LogP) is 6.12. The molecule has 13 heteroatoms. The molecule has 5 heterocycles. The number of nitrogens with zero attached hydrogens (tertiary/aromatic N) is 8. The standard InChI is InChI=1S/C35H33F3N8O2/c1-44-13-11-21(12-14-44)26-15-24-16-39-30(28-29(22-7-8-22)40-19-41-33(28)48-2)43-32(24)46(34(26)47)17-20-3-5-23(6-4-20)31-42-27(35(36,37)38)18-45(31)25-9-10-25/h3-6,11,15-16,18-19,22,25H,7-10,12-14,17H2,1-2H3. The van der Waals surface area contributed by atoms with Crippen LogP contribution in [0.15, 0.2) is 59.9 Å². The molecule has 5 aromatic rings. The molecule has 2 fully saturated rings. The van der Waals surface area contributed by atoms with Crippen molar-refractivity contribution in [3.8, 4) is 28.7 Å². The smallest absolute Gasteiger partial charge is 0.434 e. The molecule has 10 nitrogen and oxygen atoms in total. The van der Waals surface area contributed by atoms with Crippen LogP contribution in [-0.4, -0.2) is 66.2 Å². The number of alkyl halides is 3. The van der Waals surface area contributed by atoms with E-state index < -0.39 is 11.9 Å².